The van der Waals surface area contributed by atoms with Crippen molar-refractivity contribution < 1.29 is 4.79 Å². The van der Waals surface area contributed by atoms with Crippen LogP contribution in [0.15, 0.2) is 29.7 Å². The fraction of sp³-hybridized carbons (Fsp3) is 0.444. The van der Waals surface area contributed by atoms with Gasteiger partial charge in [-0.3, -0.25) is 14.0 Å². The molecule has 1 saturated heterocycles. The van der Waals surface area contributed by atoms with Gasteiger partial charge in [0, 0.05) is 48.8 Å². The molecule has 26 heavy (non-hydrogen) atoms. The maximum absolute atomic E-state index is 13.0. The molecule has 3 aromatic heterocycles. The number of rotatable bonds is 3. The number of carbonyl (C=O) groups is 1. The van der Waals surface area contributed by atoms with E-state index in [1.165, 1.54) is 17.5 Å². The third kappa shape index (κ3) is 2.94. The molecular formula is C18H21N5O2S. The van der Waals surface area contributed by atoms with Gasteiger partial charge >= 0.3 is 0 Å². The molecule has 4 rings (SSSR count). The Labute approximate surface area is 154 Å². The van der Waals surface area contributed by atoms with E-state index >= 15 is 0 Å². The van der Waals surface area contributed by atoms with Crippen molar-refractivity contribution in [2.75, 3.05) is 13.1 Å². The zero-order valence-corrected chi connectivity index (χ0v) is 15.7. The molecule has 7 nitrogen and oxygen atoms in total. The largest absolute Gasteiger partial charge is 0.338 e. The predicted octanol–water partition coefficient (Wildman–Crippen LogP) is 2.12. The molecule has 1 aliphatic rings. The Morgan fingerprint density at radius 1 is 1.38 bits per heavy atom. The van der Waals surface area contributed by atoms with Crippen LogP contribution in [0.4, 0.5) is 0 Å². The zero-order chi connectivity index (χ0) is 18.3. The number of imidazole rings is 1. The third-order valence-electron chi connectivity index (χ3n) is 5.08. The number of likely N-dealkylation sites (tertiary alicyclic amines) is 1. The van der Waals surface area contributed by atoms with Crippen LogP contribution in [0.25, 0.3) is 4.96 Å². The van der Waals surface area contributed by atoms with Crippen molar-refractivity contribution in [2.45, 2.75) is 33.2 Å². The van der Waals surface area contributed by atoms with Crippen LogP contribution in [0, 0.1) is 19.8 Å². The summed E-state index contributed by atoms with van der Waals surface area (Å²) in [6, 6.07) is 0. The minimum atomic E-state index is -0.265. The summed E-state index contributed by atoms with van der Waals surface area (Å²) in [5.74, 6) is 0.155. The van der Waals surface area contributed by atoms with E-state index in [1.807, 2.05) is 24.6 Å². The maximum Gasteiger partial charge on any atom is 0.271 e. The molecule has 0 N–H and O–H groups in total. The third-order valence-corrected chi connectivity index (χ3v) is 6.16. The fourth-order valence-corrected chi connectivity index (χ4v) is 4.51. The molecule has 4 heterocycles. The Hall–Kier alpha value is -2.48. The van der Waals surface area contributed by atoms with Crippen molar-refractivity contribution in [3.05, 3.63) is 51.4 Å². The first-order valence-electron chi connectivity index (χ1n) is 8.77. The van der Waals surface area contributed by atoms with Crippen LogP contribution in [-0.2, 0) is 6.54 Å². The summed E-state index contributed by atoms with van der Waals surface area (Å²) in [5.41, 5.74) is 0.749. The smallest absolute Gasteiger partial charge is 0.271 e. The van der Waals surface area contributed by atoms with Gasteiger partial charge in [0.05, 0.1) is 6.33 Å². The summed E-state index contributed by atoms with van der Waals surface area (Å²) in [5, 5.41) is 0. The van der Waals surface area contributed by atoms with Gasteiger partial charge in [-0.05, 0) is 32.6 Å². The first kappa shape index (κ1) is 17.0. The van der Waals surface area contributed by atoms with Crippen LogP contribution in [0.2, 0.25) is 0 Å². The van der Waals surface area contributed by atoms with Gasteiger partial charge in [-0.1, -0.05) is 0 Å². The molecule has 1 fully saturated rings. The molecule has 1 unspecified atom stereocenters. The number of nitrogens with zero attached hydrogens (tertiary/aromatic N) is 5. The SMILES string of the molecule is Cc1sc2ncc(C(=O)N3CCCC(Cn4ccnc4)C3)c(=O)n2c1C. The molecule has 0 bridgehead atoms. The van der Waals surface area contributed by atoms with Crippen molar-refractivity contribution in [2.24, 2.45) is 5.92 Å². The Morgan fingerprint density at radius 2 is 2.23 bits per heavy atom. The molecule has 1 amide bonds. The molecule has 3 aromatic rings. The topological polar surface area (TPSA) is 72.5 Å². The summed E-state index contributed by atoms with van der Waals surface area (Å²) >= 11 is 1.47. The lowest BCUT2D eigenvalue weighted by atomic mass is 9.97. The second-order valence-electron chi connectivity index (χ2n) is 6.86. The number of hydrogen-bond acceptors (Lipinski definition) is 5. The molecule has 1 aliphatic heterocycles. The maximum atomic E-state index is 13.0. The van der Waals surface area contributed by atoms with Gasteiger partial charge in [0.2, 0.25) is 0 Å². The van der Waals surface area contributed by atoms with E-state index in [-0.39, 0.29) is 17.0 Å². The van der Waals surface area contributed by atoms with Gasteiger partial charge in [0.1, 0.15) is 5.56 Å². The average Bonchev–Trinajstić information content (AvgIpc) is 3.24. The molecule has 0 saturated carbocycles. The van der Waals surface area contributed by atoms with E-state index < -0.39 is 0 Å². The van der Waals surface area contributed by atoms with Crippen LogP contribution in [-0.4, -0.2) is 42.8 Å². The molecule has 0 radical (unpaired) electrons. The lowest BCUT2D eigenvalue weighted by molar-refractivity contribution is 0.0660. The minimum absolute atomic E-state index is 0.159. The summed E-state index contributed by atoms with van der Waals surface area (Å²) in [6.45, 7) is 6.02. The molecule has 136 valence electrons. The minimum Gasteiger partial charge on any atom is -0.338 e. The van der Waals surface area contributed by atoms with E-state index in [2.05, 4.69) is 9.97 Å². The quantitative estimate of drug-likeness (QED) is 0.707. The summed E-state index contributed by atoms with van der Waals surface area (Å²) < 4.78 is 3.60. The van der Waals surface area contributed by atoms with Crippen LogP contribution < -0.4 is 5.56 Å². The standard InChI is InChI=1S/C18H21N5O2S/c1-12-13(2)26-18-20-8-15(17(25)23(12)18)16(24)22-6-3-4-14(10-22)9-21-7-5-19-11-21/h5,7-8,11,14H,3-4,6,9-10H2,1-2H3. The molecule has 1 atom stereocenters. The highest BCUT2D eigenvalue weighted by atomic mass is 32.1. The Morgan fingerprint density at radius 3 is 3.00 bits per heavy atom. The lowest BCUT2D eigenvalue weighted by Gasteiger charge is -2.32. The highest BCUT2D eigenvalue weighted by molar-refractivity contribution is 7.17. The van der Waals surface area contributed by atoms with Crippen LogP contribution >= 0.6 is 11.3 Å². The van der Waals surface area contributed by atoms with E-state index in [0.717, 1.165) is 30.0 Å². The number of carbonyl (C=O) groups excluding carboxylic acids is 1. The molecule has 0 aliphatic carbocycles. The number of aryl methyl sites for hydroxylation is 2. The normalized spacial score (nSPS) is 17.8. The molecular weight excluding hydrogens is 350 g/mol. The van der Waals surface area contributed by atoms with E-state index in [1.54, 1.807) is 21.8 Å². The van der Waals surface area contributed by atoms with E-state index in [9.17, 15) is 9.59 Å². The number of hydrogen-bond donors (Lipinski definition) is 0. The Bertz CT molecular complexity index is 1000. The van der Waals surface area contributed by atoms with Crippen LogP contribution in [0.1, 0.15) is 33.8 Å². The number of piperidine rings is 1. The van der Waals surface area contributed by atoms with Gasteiger partial charge in [0.15, 0.2) is 4.96 Å². The van der Waals surface area contributed by atoms with Gasteiger partial charge in [-0.25, -0.2) is 9.97 Å². The number of amides is 1. The fourth-order valence-electron chi connectivity index (χ4n) is 3.58. The van der Waals surface area contributed by atoms with Crippen LogP contribution in [0.5, 0.6) is 0 Å². The van der Waals surface area contributed by atoms with Gasteiger partial charge < -0.3 is 9.47 Å². The second-order valence-corrected chi connectivity index (χ2v) is 8.04. The lowest BCUT2D eigenvalue weighted by Crippen LogP contribution is -2.43. The van der Waals surface area contributed by atoms with E-state index in [0.29, 0.717) is 24.0 Å². The highest BCUT2D eigenvalue weighted by Gasteiger charge is 2.27. The van der Waals surface area contributed by atoms with E-state index in [4.69, 9.17) is 0 Å². The molecule has 0 spiro atoms. The van der Waals surface area contributed by atoms with Crippen molar-refractivity contribution in [1.29, 1.82) is 0 Å². The van der Waals surface area contributed by atoms with Crippen molar-refractivity contribution in [3.8, 4) is 0 Å². The first-order chi connectivity index (χ1) is 12.5. The van der Waals surface area contributed by atoms with Gasteiger partial charge in [-0.15, -0.1) is 11.3 Å². The molecule has 8 heteroatoms. The molecule has 0 aromatic carbocycles. The highest BCUT2D eigenvalue weighted by Crippen LogP contribution is 2.21. The van der Waals surface area contributed by atoms with Crippen molar-refractivity contribution >= 4 is 22.2 Å². The predicted molar refractivity (Wildman–Crippen MR) is 99.7 cm³/mol. The van der Waals surface area contributed by atoms with Crippen molar-refractivity contribution in [3.63, 3.8) is 0 Å². The second kappa shape index (κ2) is 6.68. The number of aromatic nitrogens is 4. The summed E-state index contributed by atoms with van der Waals surface area (Å²) in [4.78, 5) is 37.7. The Balaban J connectivity index is 1.59. The van der Waals surface area contributed by atoms with Crippen LogP contribution in [0.3, 0.4) is 0 Å². The zero-order valence-electron chi connectivity index (χ0n) is 14.9. The monoisotopic (exact) mass is 371 g/mol. The Kier molecular flexibility index (Phi) is 4.36. The summed E-state index contributed by atoms with van der Waals surface area (Å²) in [7, 11) is 0. The summed E-state index contributed by atoms with van der Waals surface area (Å²) in [6.07, 6.45) is 8.95. The van der Waals surface area contributed by atoms with Gasteiger partial charge in [0.25, 0.3) is 11.5 Å². The van der Waals surface area contributed by atoms with Crippen molar-refractivity contribution in [1.82, 2.24) is 23.8 Å². The van der Waals surface area contributed by atoms with Gasteiger partial charge in [-0.2, -0.15) is 0 Å². The number of fused-ring (bicyclic) bond motifs is 1. The first-order valence-corrected chi connectivity index (χ1v) is 9.59. The number of thiazole rings is 1. The average molecular weight is 371 g/mol.